The number of carbonyl (C=O) groups excluding carboxylic acids is 3. The van der Waals surface area contributed by atoms with Gasteiger partial charge in [-0.25, -0.2) is 0 Å². The van der Waals surface area contributed by atoms with Crippen molar-refractivity contribution in [3.05, 3.63) is 42.0 Å². The first-order valence-corrected chi connectivity index (χ1v) is 9.44. The highest BCUT2D eigenvalue weighted by Gasteiger charge is 2.66. The van der Waals surface area contributed by atoms with E-state index in [2.05, 4.69) is 17.5 Å². The molecule has 5 aliphatic rings. The first kappa shape index (κ1) is 15.8. The average Bonchev–Trinajstić information content (AvgIpc) is 3.41. The molecule has 4 aliphatic carbocycles. The van der Waals surface area contributed by atoms with Crippen molar-refractivity contribution < 1.29 is 14.4 Å². The predicted octanol–water partition coefficient (Wildman–Crippen LogP) is 2.38. The lowest BCUT2D eigenvalue weighted by Gasteiger charge is -2.37. The van der Waals surface area contributed by atoms with Crippen molar-refractivity contribution in [3.8, 4) is 0 Å². The predicted molar refractivity (Wildman–Crippen MR) is 95.8 cm³/mol. The Morgan fingerprint density at radius 1 is 1.04 bits per heavy atom. The molecule has 1 saturated heterocycles. The summed E-state index contributed by atoms with van der Waals surface area (Å²) >= 11 is 0. The number of rotatable bonds is 4. The normalized spacial score (nSPS) is 36.1. The molecule has 1 aromatic rings. The third-order valence-corrected chi connectivity index (χ3v) is 6.65. The van der Waals surface area contributed by atoms with Crippen LogP contribution in [0.5, 0.6) is 0 Å². The van der Waals surface area contributed by atoms with E-state index in [1.165, 1.54) is 4.90 Å². The number of nitrogens with zero attached hydrogens (tertiary/aromatic N) is 1. The maximum Gasteiger partial charge on any atom is 0.233 e. The number of hydrogen-bond donors (Lipinski definition) is 1. The minimum Gasteiger partial charge on any atom is -0.326 e. The second-order valence-corrected chi connectivity index (χ2v) is 8.15. The minimum absolute atomic E-state index is 0.0622. The van der Waals surface area contributed by atoms with E-state index in [0.717, 1.165) is 17.7 Å². The zero-order chi connectivity index (χ0) is 18.0. The van der Waals surface area contributed by atoms with Crippen molar-refractivity contribution in [2.75, 3.05) is 11.9 Å². The van der Waals surface area contributed by atoms with Crippen LogP contribution in [0.4, 0.5) is 5.69 Å². The molecule has 0 radical (unpaired) electrons. The van der Waals surface area contributed by atoms with Crippen LogP contribution < -0.4 is 5.32 Å². The molecule has 0 aromatic heterocycles. The monoisotopic (exact) mass is 350 g/mol. The standard InChI is InChI=1S/C21H22N2O3/c1-11-2-4-12(5-3-11)22-17(24)8-9-23-20(25)18-13-6-7-14(16-10-15(13)16)19(18)21(23)26/h2-7,13-16,18-19H,8-10H2,1H3,(H,22,24)/t13-,14-,15-,16-,18-,19+/m1/s1. The van der Waals surface area contributed by atoms with Gasteiger partial charge in [0.1, 0.15) is 0 Å². The second-order valence-electron chi connectivity index (χ2n) is 8.15. The van der Waals surface area contributed by atoms with E-state index in [4.69, 9.17) is 0 Å². The van der Waals surface area contributed by atoms with Crippen LogP contribution in [0.25, 0.3) is 0 Å². The molecule has 2 saturated carbocycles. The van der Waals surface area contributed by atoms with Crippen LogP contribution >= 0.6 is 0 Å². The summed E-state index contributed by atoms with van der Waals surface area (Å²) < 4.78 is 0. The number of allylic oxidation sites excluding steroid dienone is 2. The van der Waals surface area contributed by atoms with E-state index in [0.29, 0.717) is 11.8 Å². The zero-order valence-electron chi connectivity index (χ0n) is 14.7. The van der Waals surface area contributed by atoms with Crippen LogP contribution in [0.15, 0.2) is 36.4 Å². The Kier molecular flexibility index (Phi) is 3.36. The highest BCUT2D eigenvalue weighted by atomic mass is 16.2. The van der Waals surface area contributed by atoms with Gasteiger partial charge >= 0.3 is 0 Å². The van der Waals surface area contributed by atoms with Gasteiger partial charge in [0.15, 0.2) is 0 Å². The number of nitrogens with one attached hydrogen (secondary N) is 1. The summed E-state index contributed by atoms with van der Waals surface area (Å²) in [6.45, 7) is 2.17. The first-order valence-electron chi connectivity index (χ1n) is 9.44. The van der Waals surface area contributed by atoms with Crippen molar-refractivity contribution in [2.24, 2.45) is 35.5 Å². The van der Waals surface area contributed by atoms with Crippen molar-refractivity contribution >= 4 is 23.4 Å². The fourth-order valence-electron chi connectivity index (χ4n) is 5.31. The van der Waals surface area contributed by atoms with Crippen LogP contribution in [-0.4, -0.2) is 29.2 Å². The lowest BCUT2D eigenvalue weighted by atomic mass is 9.63. The molecule has 5 nitrogen and oxygen atoms in total. The van der Waals surface area contributed by atoms with Gasteiger partial charge in [-0.1, -0.05) is 29.8 Å². The molecule has 3 fully saturated rings. The van der Waals surface area contributed by atoms with Crippen molar-refractivity contribution in [3.63, 3.8) is 0 Å². The van der Waals surface area contributed by atoms with Gasteiger partial charge in [-0.15, -0.1) is 0 Å². The number of likely N-dealkylation sites (tertiary alicyclic amines) is 1. The van der Waals surface area contributed by atoms with Gasteiger partial charge in [0.05, 0.1) is 11.8 Å². The van der Waals surface area contributed by atoms with Gasteiger partial charge in [-0.3, -0.25) is 19.3 Å². The Balaban J connectivity index is 1.24. The van der Waals surface area contributed by atoms with Gasteiger partial charge in [0, 0.05) is 18.7 Å². The Labute approximate surface area is 152 Å². The lowest BCUT2D eigenvalue weighted by Crippen LogP contribution is -2.40. The Morgan fingerprint density at radius 2 is 1.62 bits per heavy atom. The van der Waals surface area contributed by atoms with E-state index >= 15 is 0 Å². The number of carbonyl (C=O) groups is 3. The molecule has 0 unspecified atom stereocenters. The van der Waals surface area contributed by atoms with Gasteiger partial charge < -0.3 is 5.32 Å². The molecule has 6 rings (SSSR count). The lowest BCUT2D eigenvalue weighted by molar-refractivity contribution is -0.140. The molecule has 1 N–H and O–H groups in total. The molecule has 1 heterocycles. The average molecular weight is 350 g/mol. The summed E-state index contributed by atoms with van der Waals surface area (Å²) in [5.74, 6) is 1.02. The number of imide groups is 1. The third-order valence-electron chi connectivity index (χ3n) is 6.65. The van der Waals surface area contributed by atoms with Crippen molar-refractivity contribution in [1.82, 2.24) is 4.90 Å². The summed E-state index contributed by atoms with van der Waals surface area (Å²) in [6.07, 6.45) is 5.63. The number of amides is 3. The topological polar surface area (TPSA) is 66.5 Å². The third kappa shape index (κ3) is 2.26. The van der Waals surface area contributed by atoms with Crippen LogP contribution in [0.1, 0.15) is 18.4 Å². The van der Waals surface area contributed by atoms with Gasteiger partial charge in [0.25, 0.3) is 0 Å². The Bertz CT molecular complexity index is 792. The molecule has 2 bridgehead atoms. The fraction of sp³-hybridized carbons (Fsp3) is 0.476. The van der Waals surface area contributed by atoms with E-state index in [9.17, 15) is 14.4 Å². The zero-order valence-corrected chi connectivity index (χ0v) is 14.7. The minimum atomic E-state index is -0.179. The van der Waals surface area contributed by atoms with Crippen LogP contribution in [0, 0.1) is 42.4 Å². The second kappa shape index (κ2) is 5.53. The van der Waals surface area contributed by atoms with Crippen LogP contribution in [0.2, 0.25) is 0 Å². The van der Waals surface area contributed by atoms with E-state index < -0.39 is 0 Å². The summed E-state index contributed by atoms with van der Waals surface area (Å²) in [5.41, 5.74) is 1.86. The number of aryl methyl sites for hydroxylation is 1. The molecular weight excluding hydrogens is 328 g/mol. The molecule has 3 amide bonds. The first-order chi connectivity index (χ1) is 12.5. The largest absolute Gasteiger partial charge is 0.326 e. The molecule has 1 aromatic carbocycles. The summed E-state index contributed by atoms with van der Waals surface area (Å²) in [7, 11) is 0. The maximum atomic E-state index is 12.9. The highest BCUT2D eigenvalue weighted by molar-refractivity contribution is 6.06. The SMILES string of the molecule is Cc1ccc(NC(=O)CCN2C(=O)[C@@H]3[C@@H]4C=C[C@H]([C@H]5C[C@H]45)[C@@H]3C2=O)cc1. The van der Waals surface area contributed by atoms with Crippen molar-refractivity contribution in [1.29, 1.82) is 0 Å². The van der Waals surface area contributed by atoms with E-state index in [-0.39, 0.29) is 54.4 Å². The Hall–Kier alpha value is -2.43. The maximum absolute atomic E-state index is 12.9. The van der Waals surface area contributed by atoms with Gasteiger partial charge in [-0.2, -0.15) is 0 Å². The molecule has 134 valence electrons. The number of hydrogen-bond acceptors (Lipinski definition) is 3. The summed E-state index contributed by atoms with van der Waals surface area (Å²) in [5, 5.41) is 2.83. The molecule has 26 heavy (non-hydrogen) atoms. The number of anilines is 1. The summed E-state index contributed by atoms with van der Waals surface area (Å²) in [6, 6.07) is 7.57. The smallest absolute Gasteiger partial charge is 0.233 e. The van der Waals surface area contributed by atoms with Gasteiger partial charge in [-0.05, 0) is 49.1 Å². The molecule has 0 spiro atoms. The van der Waals surface area contributed by atoms with E-state index in [1.807, 2.05) is 31.2 Å². The molecule has 5 heteroatoms. The van der Waals surface area contributed by atoms with Crippen LogP contribution in [0.3, 0.4) is 0 Å². The Morgan fingerprint density at radius 3 is 2.19 bits per heavy atom. The highest BCUT2D eigenvalue weighted by Crippen LogP contribution is 2.65. The quantitative estimate of drug-likeness (QED) is 0.670. The molecule has 1 aliphatic heterocycles. The molecular formula is C21H22N2O3. The van der Waals surface area contributed by atoms with Gasteiger partial charge in [0.2, 0.25) is 17.7 Å². The van der Waals surface area contributed by atoms with Crippen molar-refractivity contribution in [2.45, 2.75) is 19.8 Å². The number of benzene rings is 1. The van der Waals surface area contributed by atoms with E-state index in [1.54, 1.807) is 0 Å². The van der Waals surface area contributed by atoms with Crippen LogP contribution in [-0.2, 0) is 14.4 Å². The fourth-order valence-corrected chi connectivity index (χ4v) is 5.31. The summed E-state index contributed by atoms with van der Waals surface area (Å²) in [4.78, 5) is 39.3. The molecule has 6 atom stereocenters.